The van der Waals surface area contributed by atoms with Crippen LogP contribution in [0.4, 0.5) is 0 Å². The number of fused-ring (bicyclic) bond motifs is 10. The minimum Gasteiger partial charge on any atom is -0.309 e. The van der Waals surface area contributed by atoms with Crippen LogP contribution in [-0.2, 0) is 0 Å². The first kappa shape index (κ1) is 42.3. The van der Waals surface area contributed by atoms with Crippen molar-refractivity contribution in [2.24, 2.45) is 0 Å². The van der Waals surface area contributed by atoms with Gasteiger partial charge in [-0.3, -0.25) is 4.57 Å². The van der Waals surface area contributed by atoms with E-state index in [1.807, 2.05) is 78.9 Å². The maximum atomic E-state index is 5.41. The Hall–Kier alpha value is -10.4. The van der Waals surface area contributed by atoms with E-state index in [0.717, 1.165) is 105 Å². The summed E-state index contributed by atoms with van der Waals surface area (Å²) in [5.74, 6) is 3.51. The lowest BCUT2D eigenvalue weighted by molar-refractivity contribution is 0.953. The summed E-state index contributed by atoms with van der Waals surface area (Å²) in [6.45, 7) is 0. The minimum atomic E-state index is 0.540. The first-order valence-electron chi connectivity index (χ1n) is 25.0. The highest BCUT2D eigenvalue weighted by atomic mass is 15.2. The molecule has 0 aliphatic carbocycles. The van der Waals surface area contributed by atoms with E-state index in [-0.39, 0.29) is 0 Å². The minimum absolute atomic E-state index is 0.540. The van der Waals surface area contributed by atoms with Crippen molar-refractivity contribution >= 4 is 65.4 Å². The Morgan fingerprint density at radius 3 is 1.29 bits per heavy atom. The van der Waals surface area contributed by atoms with Crippen LogP contribution in [0.15, 0.2) is 249 Å². The van der Waals surface area contributed by atoms with Gasteiger partial charge >= 0.3 is 0 Å². The molecule has 10 aromatic carbocycles. The van der Waals surface area contributed by atoms with Crippen LogP contribution in [0.1, 0.15) is 0 Å². The van der Waals surface area contributed by atoms with Crippen LogP contribution in [-0.4, -0.2) is 43.6 Å². The van der Waals surface area contributed by atoms with Crippen molar-refractivity contribution in [3.8, 4) is 74.3 Å². The molecule has 0 bridgehead atoms. The Morgan fingerprint density at radius 2 is 0.667 bits per heavy atom. The van der Waals surface area contributed by atoms with Gasteiger partial charge in [-0.1, -0.05) is 194 Å². The van der Waals surface area contributed by atoms with Gasteiger partial charge in [-0.2, -0.15) is 9.97 Å². The zero-order valence-electron chi connectivity index (χ0n) is 40.2. The molecular weight excluding hydrogens is 919 g/mol. The fourth-order valence-electron chi connectivity index (χ4n) is 11.1. The Morgan fingerprint density at radius 1 is 0.240 bits per heavy atom. The highest BCUT2D eigenvalue weighted by molar-refractivity contribution is 6.26. The Labute approximate surface area is 430 Å². The molecule has 9 nitrogen and oxygen atoms in total. The molecule has 0 fully saturated rings. The molecule has 75 heavy (non-hydrogen) atoms. The molecule has 0 aliphatic heterocycles. The lowest BCUT2D eigenvalue weighted by Gasteiger charge is -2.13. The summed E-state index contributed by atoms with van der Waals surface area (Å²) in [4.78, 5) is 31.5. The van der Waals surface area contributed by atoms with Crippen LogP contribution in [0.2, 0.25) is 0 Å². The van der Waals surface area contributed by atoms with E-state index >= 15 is 0 Å². The van der Waals surface area contributed by atoms with Crippen LogP contribution in [0.5, 0.6) is 0 Å². The van der Waals surface area contributed by atoms with Gasteiger partial charge < -0.3 is 9.13 Å². The van der Waals surface area contributed by atoms with Gasteiger partial charge in [-0.25, -0.2) is 19.9 Å². The highest BCUT2D eigenvalue weighted by Gasteiger charge is 2.24. The quantitative estimate of drug-likeness (QED) is 0.151. The molecule has 0 aliphatic rings. The van der Waals surface area contributed by atoms with Gasteiger partial charge in [0.25, 0.3) is 0 Å². The zero-order chi connectivity index (χ0) is 49.4. The lowest BCUT2D eigenvalue weighted by Crippen LogP contribution is -2.06. The molecule has 15 aromatic rings. The van der Waals surface area contributed by atoms with E-state index in [2.05, 4.69) is 184 Å². The fraction of sp³-hybridized carbons (Fsp3) is 0. The van der Waals surface area contributed by atoms with Crippen LogP contribution in [0.25, 0.3) is 140 Å². The molecule has 350 valence electrons. The van der Waals surface area contributed by atoms with Gasteiger partial charge in [-0.15, -0.1) is 0 Å². The van der Waals surface area contributed by atoms with E-state index in [1.54, 1.807) is 0 Å². The average molecular weight is 960 g/mol. The van der Waals surface area contributed by atoms with Crippen molar-refractivity contribution in [1.82, 2.24) is 43.6 Å². The Bertz CT molecular complexity index is 4640. The van der Waals surface area contributed by atoms with Crippen LogP contribution >= 0.6 is 0 Å². The monoisotopic (exact) mass is 959 g/mol. The summed E-state index contributed by atoms with van der Waals surface area (Å²) < 4.78 is 6.91. The number of hydrogen-bond acceptors (Lipinski definition) is 6. The SMILES string of the molecule is c1ccc(-c2nc(-c3cccc(-n4c5ccccc5c5ccc6c(c7ccccc7n6-c6nc(-c7ccccc7)nc(-c7ccccc7)n6)c54)c3)nc(-c3cccc4c3c3ccccc3n4-c3ccccc3)n2)cc1. The van der Waals surface area contributed by atoms with E-state index in [1.165, 1.54) is 0 Å². The van der Waals surface area contributed by atoms with Crippen molar-refractivity contribution in [1.29, 1.82) is 0 Å². The van der Waals surface area contributed by atoms with E-state index in [9.17, 15) is 0 Å². The summed E-state index contributed by atoms with van der Waals surface area (Å²) >= 11 is 0. The summed E-state index contributed by atoms with van der Waals surface area (Å²) in [5, 5.41) is 6.66. The molecule has 0 saturated carbocycles. The molecule has 0 radical (unpaired) electrons. The van der Waals surface area contributed by atoms with Gasteiger partial charge in [0.05, 0.1) is 33.1 Å². The van der Waals surface area contributed by atoms with Crippen molar-refractivity contribution in [3.05, 3.63) is 249 Å². The second-order valence-electron chi connectivity index (χ2n) is 18.7. The van der Waals surface area contributed by atoms with Crippen molar-refractivity contribution in [3.63, 3.8) is 0 Å². The second-order valence-corrected chi connectivity index (χ2v) is 18.7. The molecule has 0 saturated heterocycles. The van der Waals surface area contributed by atoms with Gasteiger partial charge in [0.1, 0.15) is 0 Å². The number of nitrogens with zero attached hydrogens (tertiary/aromatic N) is 9. The number of aromatic nitrogens is 9. The van der Waals surface area contributed by atoms with Gasteiger partial charge in [0.15, 0.2) is 29.1 Å². The highest BCUT2D eigenvalue weighted by Crippen LogP contribution is 2.43. The summed E-state index contributed by atoms with van der Waals surface area (Å²) in [6, 6.07) is 86.2. The lowest BCUT2D eigenvalue weighted by atomic mass is 10.1. The number of rotatable bonds is 8. The molecule has 0 spiro atoms. The van der Waals surface area contributed by atoms with E-state index in [0.29, 0.717) is 35.1 Å². The first-order valence-corrected chi connectivity index (χ1v) is 25.0. The topological polar surface area (TPSA) is 92.1 Å². The van der Waals surface area contributed by atoms with Crippen molar-refractivity contribution in [2.75, 3.05) is 0 Å². The van der Waals surface area contributed by atoms with E-state index < -0.39 is 0 Å². The maximum absolute atomic E-state index is 5.41. The molecule has 0 atom stereocenters. The molecule has 9 heteroatoms. The largest absolute Gasteiger partial charge is 0.309 e. The first-order chi connectivity index (χ1) is 37.2. The smallest absolute Gasteiger partial charge is 0.238 e. The predicted octanol–water partition coefficient (Wildman–Crippen LogP) is 15.7. The van der Waals surface area contributed by atoms with Crippen molar-refractivity contribution in [2.45, 2.75) is 0 Å². The van der Waals surface area contributed by atoms with Crippen molar-refractivity contribution < 1.29 is 0 Å². The third kappa shape index (κ3) is 6.86. The summed E-state index contributed by atoms with van der Waals surface area (Å²) in [6.07, 6.45) is 0. The van der Waals surface area contributed by atoms with Gasteiger partial charge in [-0.05, 0) is 54.6 Å². The second kappa shape index (κ2) is 17.1. The number of hydrogen-bond donors (Lipinski definition) is 0. The van der Waals surface area contributed by atoms with Gasteiger partial charge in [0.2, 0.25) is 5.95 Å². The number of para-hydroxylation sites is 4. The summed E-state index contributed by atoms with van der Waals surface area (Å²) in [7, 11) is 0. The summed E-state index contributed by atoms with van der Waals surface area (Å²) in [5.41, 5.74) is 12.9. The third-order valence-electron chi connectivity index (χ3n) is 14.3. The Kier molecular flexibility index (Phi) is 9.67. The van der Waals surface area contributed by atoms with Gasteiger partial charge in [0, 0.05) is 71.5 Å². The number of benzene rings is 10. The van der Waals surface area contributed by atoms with Crippen LogP contribution in [0, 0.1) is 0 Å². The predicted molar refractivity (Wildman–Crippen MR) is 303 cm³/mol. The fourth-order valence-corrected chi connectivity index (χ4v) is 11.1. The standard InChI is InChI=1S/C66H41N9/c1-5-21-42(22-6-1)61-67-64(70-65(69-61)52-34-20-38-56-58(52)50-32-14-17-36-54(50)73(56)46-28-11-4-12-29-46)45-27-19-30-47(41-45)74-53-35-16-13-31-48(53)49-39-40-57-59(60(49)74)51-33-15-18-37-55(51)75(57)66-71-62(43-23-7-2-8-24-43)68-63(72-66)44-25-9-3-10-26-44/h1-41H. The average Bonchev–Trinajstić information content (AvgIpc) is 4.24. The molecule has 0 unspecified atom stereocenters. The molecule has 15 rings (SSSR count). The molecule has 5 heterocycles. The molecular formula is C66H41N9. The molecule has 0 N–H and O–H groups in total. The molecule has 5 aromatic heterocycles. The van der Waals surface area contributed by atoms with Crippen LogP contribution < -0.4 is 0 Å². The van der Waals surface area contributed by atoms with Crippen LogP contribution in [0.3, 0.4) is 0 Å². The molecule has 0 amide bonds. The normalized spacial score (nSPS) is 11.7. The van der Waals surface area contributed by atoms with E-state index in [4.69, 9.17) is 29.9 Å². The maximum Gasteiger partial charge on any atom is 0.238 e. The third-order valence-corrected chi connectivity index (χ3v) is 14.3. The zero-order valence-corrected chi connectivity index (χ0v) is 40.2. The Balaban J connectivity index is 0.959.